The highest BCUT2D eigenvalue weighted by Crippen LogP contribution is 2.27. The normalized spacial score (nSPS) is 17.8. The molecule has 0 radical (unpaired) electrons. The number of hydrogen-bond acceptors (Lipinski definition) is 4. The molecule has 1 aromatic heterocycles. The highest BCUT2D eigenvalue weighted by atomic mass is 32.1. The van der Waals surface area contributed by atoms with Crippen LogP contribution in [0.1, 0.15) is 39.1 Å². The number of hydrogen-bond donors (Lipinski definition) is 0. The van der Waals surface area contributed by atoms with Crippen LogP contribution in [0, 0.1) is 11.3 Å². The third-order valence-electron chi connectivity index (χ3n) is 3.83. The van der Waals surface area contributed by atoms with Crippen molar-refractivity contribution in [2.45, 2.75) is 40.2 Å². The largest absolute Gasteiger partial charge is 0.331 e. The Balaban J connectivity index is 0.00000151. The van der Waals surface area contributed by atoms with Crippen molar-refractivity contribution < 1.29 is 4.79 Å². The lowest BCUT2D eigenvalue weighted by molar-refractivity contribution is -0.128. The summed E-state index contributed by atoms with van der Waals surface area (Å²) in [5.41, 5.74) is 2.35. The molecule has 25 heavy (non-hydrogen) atoms. The number of thiazole rings is 1. The van der Waals surface area contributed by atoms with Crippen LogP contribution >= 0.6 is 11.3 Å². The fraction of sp³-hybridized carbons (Fsp3) is 0.350. The van der Waals surface area contributed by atoms with Gasteiger partial charge in [0, 0.05) is 18.1 Å². The van der Waals surface area contributed by atoms with Gasteiger partial charge in [-0.1, -0.05) is 38.7 Å². The summed E-state index contributed by atoms with van der Waals surface area (Å²) < 4.78 is 0. The standard InChI is InChI=1S/C18H19N3OS.C2H6/c1-4-6-16-13(3)21(9-7-14(16)5-2)18(22)15(12-19)11-17-20-8-10-23-17;1-2/h4-6,8,10-11,13H,2,7,9H2,1,3H3;1-2H3/b6-4-,15-11+;. The van der Waals surface area contributed by atoms with Crippen LogP contribution in [0.2, 0.25) is 0 Å². The average molecular weight is 356 g/mol. The van der Waals surface area contributed by atoms with Crippen LogP contribution in [0.4, 0.5) is 0 Å². The summed E-state index contributed by atoms with van der Waals surface area (Å²) in [4.78, 5) is 18.6. The molecule has 0 spiro atoms. The van der Waals surface area contributed by atoms with Crippen molar-refractivity contribution in [2.75, 3.05) is 6.54 Å². The molecule has 0 saturated carbocycles. The topological polar surface area (TPSA) is 57.0 Å². The van der Waals surface area contributed by atoms with E-state index in [1.54, 1.807) is 17.2 Å². The number of allylic oxidation sites excluding steroid dienone is 2. The van der Waals surface area contributed by atoms with Gasteiger partial charge in [0.2, 0.25) is 0 Å². The van der Waals surface area contributed by atoms with E-state index in [1.165, 1.54) is 11.3 Å². The first kappa shape index (κ1) is 20.6. The van der Waals surface area contributed by atoms with Gasteiger partial charge in [0.25, 0.3) is 5.91 Å². The van der Waals surface area contributed by atoms with Gasteiger partial charge < -0.3 is 4.90 Å². The molecule has 0 fully saturated rings. The third kappa shape index (κ3) is 5.01. The van der Waals surface area contributed by atoms with E-state index in [0.29, 0.717) is 11.6 Å². The van der Waals surface area contributed by atoms with Gasteiger partial charge in [0.15, 0.2) is 0 Å². The maximum atomic E-state index is 12.8. The predicted octanol–water partition coefficient (Wildman–Crippen LogP) is 4.76. The second kappa shape index (κ2) is 10.4. The summed E-state index contributed by atoms with van der Waals surface area (Å²) in [7, 11) is 0. The third-order valence-corrected chi connectivity index (χ3v) is 4.56. The SMILES string of the molecule is C=CC1=C(/C=C\C)C(C)N(C(=O)/C(C#N)=C/c2nccs2)CC1.CC. The summed E-state index contributed by atoms with van der Waals surface area (Å²) in [5, 5.41) is 11.8. The zero-order valence-corrected chi connectivity index (χ0v) is 16.1. The predicted molar refractivity (Wildman–Crippen MR) is 105 cm³/mol. The van der Waals surface area contributed by atoms with Gasteiger partial charge >= 0.3 is 0 Å². The van der Waals surface area contributed by atoms with Crippen LogP contribution in [0.5, 0.6) is 0 Å². The molecule has 2 heterocycles. The quantitative estimate of drug-likeness (QED) is 0.578. The molecule has 1 amide bonds. The monoisotopic (exact) mass is 355 g/mol. The maximum absolute atomic E-state index is 12.8. The highest BCUT2D eigenvalue weighted by molar-refractivity contribution is 7.10. The molecule has 4 nitrogen and oxygen atoms in total. The molecule has 1 unspecified atom stereocenters. The Morgan fingerprint density at radius 2 is 2.24 bits per heavy atom. The zero-order chi connectivity index (χ0) is 18.8. The van der Waals surface area contributed by atoms with E-state index in [1.807, 2.05) is 57.4 Å². The van der Waals surface area contributed by atoms with Gasteiger partial charge in [-0.15, -0.1) is 11.3 Å². The Labute approximate surface area is 154 Å². The minimum Gasteiger partial charge on any atom is -0.331 e. The van der Waals surface area contributed by atoms with Crippen LogP contribution in [0.3, 0.4) is 0 Å². The van der Waals surface area contributed by atoms with E-state index < -0.39 is 0 Å². The van der Waals surface area contributed by atoms with Crippen LogP contribution in [0.15, 0.2) is 53.1 Å². The van der Waals surface area contributed by atoms with Crippen LogP contribution < -0.4 is 0 Å². The van der Waals surface area contributed by atoms with E-state index in [9.17, 15) is 10.1 Å². The fourth-order valence-corrected chi connectivity index (χ4v) is 3.23. The van der Waals surface area contributed by atoms with Crippen LogP contribution in [0.25, 0.3) is 6.08 Å². The number of aromatic nitrogens is 1. The molecule has 1 aliphatic heterocycles. The van der Waals surface area contributed by atoms with E-state index >= 15 is 0 Å². The van der Waals surface area contributed by atoms with Crippen molar-refractivity contribution in [3.63, 3.8) is 0 Å². The molecule has 5 heteroatoms. The first-order valence-corrected chi connectivity index (χ1v) is 9.30. The molecular formula is C20H25N3OS. The van der Waals surface area contributed by atoms with Gasteiger partial charge in [-0.2, -0.15) is 5.26 Å². The zero-order valence-electron chi connectivity index (χ0n) is 15.3. The number of rotatable bonds is 4. The van der Waals surface area contributed by atoms with Gasteiger partial charge in [0.1, 0.15) is 16.6 Å². The summed E-state index contributed by atoms with van der Waals surface area (Å²) in [5.74, 6) is -0.250. The first-order chi connectivity index (χ1) is 12.1. The molecular weight excluding hydrogens is 330 g/mol. The lowest BCUT2D eigenvalue weighted by Gasteiger charge is -2.35. The van der Waals surface area contributed by atoms with Gasteiger partial charge in [-0.05, 0) is 37.5 Å². The number of carbonyl (C=O) groups is 1. The summed E-state index contributed by atoms with van der Waals surface area (Å²) in [6.07, 6.45) is 9.78. The minimum absolute atomic E-state index is 0.0894. The second-order valence-electron chi connectivity index (χ2n) is 5.15. The minimum atomic E-state index is -0.250. The smallest absolute Gasteiger partial charge is 0.265 e. The van der Waals surface area contributed by atoms with Crippen LogP contribution in [-0.2, 0) is 4.79 Å². The molecule has 0 aliphatic carbocycles. The van der Waals surface area contributed by atoms with Gasteiger partial charge in [-0.25, -0.2) is 4.98 Å². The molecule has 1 aromatic rings. The first-order valence-electron chi connectivity index (χ1n) is 8.42. The van der Waals surface area contributed by atoms with E-state index in [2.05, 4.69) is 11.6 Å². The molecule has 2 rings (SSSR count). The van der Waals surface area contributed by atoms with Gasteiger partial charge in [-0.3, -0.25) is 4.79 Å². The Morgan fingerprint density at radius 3 is 2.76 bits per heavy atom. The second-order valence-corrected chi connectivity index (χ2v) is 6.08. The number of nitrogens with zero attached hydrogens (tertiary/aromatic N) is 3. The van der Waals surface area contributed by atoms with Crippen LogP contribution in [-0.4, -0.2) is 28.4 Å². The highest BCUT2D eigenvalue weighted by Gasteiger charge is 2.29. The van der Waals surface area contributed by atoms with Crippen molar-refractivity contribution in [3.05, 3.63) is 58.1 Å². The summed E-state index contributed by atoms with van der Waals surface area (Å²) >= 11 is 1.40. The Morgan fingerprint density at radius 1 is 1.52 bits per heavy atom. The average Bonchev–Trinajstić information content (AvgIpc) is 3.15. The van der Waals surface area contributed by atoms with Crippen molar-refractivity contribution in [1.29, 1.82) is 5.26 Å². The van der Waals surface area contributed by atoms with Crippen molar-refractivity contribution in [3.8, 4) is 6.07 Å². The summed E-state index contributed by atoms with van der Waals surface area (Å²) in [6, 6.07) is 1.92. The fourth-order valence-electron chi connectivity index (χ4n) is 2.66. The van der Waals surface area contributed by atoms with E-state index in [-0.39, 0.29) is 17.5 Å². The summed E-state index contributed by atoms with van der Waals surface area (Å²) in [6.45, 7) is 12.4. The van der Waals surface area contributed by atoms with Crippen molar-refractivity contribution >= 4 is 23.3 Å². The lowest BCUT2D eigenvalue weighted by Crippen LogP contribution is -2.43. The number of nitriles is 1. The van der Waals surface area contributed by atoms with Crippen molar-refractivity contribution in [2.24, 2.45) is 0 Å². The molecule has 1 aliphatic rings. The molecule has 0 bridgehead atoms. The van der Waals surface area contributed by atoms with Gasteiger partial charge in [0.05, 0.1) is 6.04 Å². The lowest BCUT2D eigenvalue weighted by atomic mass is 9.92. The maximum Gasteiger partial charge on any atom is 0.265 e. The Kier molecular flexibility index (Phi) is 8.59. The molecule has 1 atom stereocenters. The Hall–Kier alpha value is -2.45. The molecule has 0 saturated heterocycles. The van der Waals surface area contributed by atoms with Crippen molar-refractivity contribution in [1.82, 2.24) is 9.88 Å². The molecule has 132 valence electrons. The number of carbonyl (C=O) groups excluding carboxylic acids is 1. The Bertz CT molecular complexity index is 721. The van der Waals surface area contributed by atoms with E-state index in [0.717, 1.165) is 17.6 Å². The van der Waals surface area contributed by atoms with E-state index in [4.69, 9.17) is 0 Å². The molecule has 0 N–H and O–H groups in total. The molecule has 0 aromatic carbocycles. The number of amides is 1.